The number of pyridine rings is 1. The highest BCUT2D eigenvalue weighted by Crippen LogP contribution is 2.19. The summed E-state index contributed by atoms with van der Waals surface area (Å²) in [6.07, 6.45) is 3.67. The minimum atomic E-state index is 0.753. The van der Waals surface area contributed by atoms with E-state index in [1.165, 1.54) is 11.1 Å². The van der Waals surface area contributed by atoms with Crippen LogP contribution in [0.4, 0.5) is 5.69 Å². The van der Waals surface area contributed by atoms with E-state index in [1.54, 1.807) is 6.20 Å². The van der Waals surface area contributed by atoms with E-state index in [2.05, 4.69) is 46.2 Å². The smallest absolute Gasteiger partial charge is 0.0487 e. The normalized spacial score (nSPS) is 10.3. The lowest BCUT2D eigenvalue weighted by Gasteiger charge is -2.09. The summed E-state index contributed by atoms with van der Waals surface area (Å²) in [6.45, 7) is 0.753. The fraction of sp³-hybridized carbons (Fsp3) is 0.0556. The molecule has 0 aliphatic heterocycles. The van der Waals surface area contributed by atoms with Crippen LogP contribution in [0.2, 0.25) is 0 Å². The second-order valence-electron chi connectivity index (χ2n) is 4.79. The van der Waals surface area contributed by atoms with Crippen LogP contribution < -0.4 is 10.9 Å². The van der Waals surface area contributed by atoms with E-state index in [0.29, 0.717) is 0 Å². The molecule has 0 bridgehead atoms. The van der Waals surface area contributed by atoms with Crippen LogP contribution in [0.3, 0.4) is 0 Å². The van der Waals surface area contributed by atoms with Crippen molar-refractivity contribution in [2.45, 2.75) is 6.54 Å². The first-order valence-corrected chi connectivity index (χ1v) is 6.95. The molecule has 3 aromatic rings. The molecule has 0 spiro atoms. The third-order valence-corrected chi connectivity index (χ3v) is 3.22. The van der Waals surface area contributed by atoms with Crippen molar-refractivity contribution in [3.8, 4) is 11.1 Å². The molecular weight excluding hydrogens is 258 g/mol. The maximum absolute atomic E-state index is 4.16. The third-order valence-electron chi connectivity index (χ3n) is 3.22. The number of hydrogen-bond donors (Lipinski definition) is 2. The Morgan fingerprint density at radius 3 is 2.48 bits per heavy atom. The summed E-state index contributed by atoms with van der Waals surface area (Å²) in [7, 11) is 0. The predicted molar refractivity (Wildman–Crippen MR) is 86.6 cm³/mol. The number of benzene rings is 2. The van der Waals surface area contributed by atoms with Crippen LogP contribution in [0, 0.1) is 0 Å². The van der Waals surface area contributed by atoms with Crippen LogP contribution in [-0.2, 0) is 6.54 Å². The highest BCUT2D eigenvalue weighted by atomic mass is 15.3. The van der Waals surface area contributed by atoms with Gasteiger partial charge in [-0.3, -0.25) is 4.98 Å². The van der Waals surface area contributed by atoms with E-state index in [1.807, 2.05) is 42.6 Å². The monoisotopic (exact) mass is 275 g/mol. The van der Waals surface area contributed by atoms with E-state index in [-0.39, 0.29) is 0 Å². The minimum Gasteiger partial charge on any atom is -0.321 e. The summed E-state index contributed by atoms with van der Waals surface area (Å²) in [4.78, 5) is 4.16. The van der Waals surface area contributed by atoms with Crippen molar-refractivity contribution in [1.82, 2.24) is 10.4 Å². The SMILES string of the molecule is c1ccc(NNCc2cccc(-c3cccnc3)c2)cc1. The first-order chi connectivity index (χ1) is 10.4. The molecule has 0 saturated heterocycles. The Bertz CT molecular complexity index is 681. The van der Waals surface area contributed by atoms with Crippen molar-refractivity contribution in [2.75, 3.05) is 5.43 Å². The predicted octanol–water partition coefficient (Wildman–Crippen LogP) is 3.87. The van der Waals surface area contributed by atoms with Crippen molar-refractivity contribution in [1.29, 1.82) is 0 Å². The Balaban J connectivity index is 1.64. The molecule has 2 aromatic carbocycles. The average Bonchev–Trinajstić information content (AvgIpc) is 2.57. The summed E-state index contributed by atoms with van der Waals surface area (Å²) in [5.74, 6) is 0. The molecule has 0 radical (unpaired) electrons. The molecule has 3 heteroatoms. The Morgan fingerprint density at radius 1 is 0.810 bits per heavy atom. The van der Waals surface area contributed by atoms with Crippen LogP contribution in [0.1, 0.15) is 5.56 Å². The highest BCUT2D eigenvalue weighted by molar-refractivity contribution is 5.62. The number of nitrogens with one attached hydrogen (secondary N) is 2. The molecule has 21 heavy (non-hydrogen) atoms. The number of rotatable bonds is 5. The van der Waals surface area contributed by atoms with Crippen LogP contribution in [0.15, 0.2) is 79.1 Å². The zero-order valence-corrected chi connectivity index (χ0v) is 11.7. The molecule has 0 aliphatic carbocycles. The Hall–Kier alpha value is -2.65. The van der Waals surface area contributed by atoms with Gasteiger partial charge in [-0.25, -0.2) is 5.43 Å². The molecule has 0 unspecified atom stereocenters. The molecule has 0 aliphatic rings. The zero-order chi connectivity index (χ0) is 14.3. The average molecular weight is 275 g/mol. The maximum atomic E-state index is 4.16. The van der Waals surface area contributed by atoms with E-state index in [9.17, 15) is 0 Å². The Kier molecular flexibility index (Phi) is 4.24. The molecule has 0 fully saturated rings. The van der Waals surface area contributed by atoms with Gasteiger partial charge in [-0.1, -0.05) is 42.5 Å². The summed E-state index contributed by atoms with van der Waals surface area (Å²) in [5.41, 5.74) is 11.0. The van der Waals surface area contributed by atoms with Gasteiger partial charge in [0.25, 0.3) is 0 Å². The lowest BCUT2D eigenvalue weighted by molar-refractivity contribution is 0.802. The molecule has 2 N–H and O–H groups in total. The van der Waals surface area contributed by atoms with Crippen molar-refractivity contribution >= 4 is 5.69 Å². The topological polar surface area (TPSA) is 37.0 Å². The molecule has 1 heterocycles. The Morgan fingerprint density at radius 2 is 1.67 bits per heavy atom. The molecular formula is C18H17N3. The number of anilines is 1. The number of hydrogen-bond acceptors (Lipinski definition) is 3. The van der Waals surface area contributed by atoms with Gasteiger partial charge in [-0.15, -0.1) is 0 Å². The van der Waals surface area contributed by atoms with Crippen LogP contribution in [-0.4, -0.2) is 4.98 Å². The fourth-order valence-corrected chi connectivity index (χ4v) is 2.16. The summed E-state index contributed by atoms with van der Waals surface area (Å²) in [6, 6.07) is 22.6. The minimum absolute atomic E-state index is 0.753. The van der Waals surface area contributed by atoms with Gasteiger partial charge in [0.15, 0.2) is 0 Å². The van der Waals surface area contributed by atoms with E-state index >= 15 is 0 Å². The van der Waals surface area contributed by atoms with Gasteiger partial charge in [0.05, 0.1) is 0 Å². The first kappa shape index (κ1) is 13.3. The van der Waals surface area contributed by atoms with Gasteiger partial charge in [-0.05, 0) is 41.0 Å². The molecule has 0 amide bonds. The molecule has 3 rings (SSSR count). The number of hydrazine groups is 1. The lowest BCUT2D eigenvalue weighted by Crippen LogP contribution is -2.20. The summed E-state index contributed by atoms with van der Waals surface area (Å²) >= 11 is 0. The summed E-state index contributed by atoms with van der Waals surface area (Å²) in [5, 5.41) is 0. The van der Waals surface area contributed by atoms with Crippen molar-refractivity contribution < 1.29 is 0 Å². The highest BCUT2D eigenvalue weighted by Gasteiger charge is 1.99. The molecule has 3 nitrogen and oxygen atoms in total. The van der Waals surface area contributed by atoms with Gasteiger partial charge >= 0.3 is 0 Å². The second-order valence-corrected chi connectivity index (χ2v) is 4.79. The molecule has 1 aromatic heterocycles. The standard InChI is InChI=1S/C18H17N3/c1-2-9-18(10-3-1)21-20-13-15-6-4-7-16(12-15)17-8-5-11-19-14-17/h1-12,14,20-21H,13H2. The van der Waals surface area contributed by atoms with E-state index in [0.717, 1.165) is 17.8 Å². The molecule has 104 valence electrons. The van der Waals surface area contributed by atoms with Crippen molar-refractivity contribution in [2.24, 2.45) is 0 Å². The number of para-hydroxylation sites is 1. The zero-order valence-electron chi connectivity index (χ0n) is 11.7. The summed E-state index contributed by atoms with van der Waals surface area (Å²) < 4.78 is 0. The van der Waals surface area contributed by atoms with Crippen LogP contribution in [0.5, 0.6) is 0 Å². The van der Waals surface area contributed by atoms with E-state index in [4.69, 9.17) is 0 Å². The largest absolute Gasteiger partial charge is 0.321 e. The quantitative estimate of drug-likeness (QED) is 0.694. The Labute approximate surface area is 124 Å². The third kappa shape index (κ3) is 3.68. The van der Waals surface area contributed by atoms with Gasteiger partial charge in [0.2, 0.25) is 0 Å². The fourth-order valence-electron chi connectivity index (χ4n) is 2.16. The second kappa shape index (κ2) is 6.68. The molecule has 0 atom stereocenters. The van der Waals surface area contributed by atoms with Crippen LogP contribution >= 0.6 is 0 Å². The molecule has 0 saturated carbocycles. The van der Waals surface area contributed by atoms with Gasteiger partial charge in [0.1, 0.15) is 0 Å². The van der Waals surface area contributed by atoms with Gasteiger partial charge in [-0.2, -0.15) is 0 Å². The van der Waals surface area contributed by atoms with Gasteiger partial charge in [0, 0.05) is 24.6 Å². The van der Waals surface area contributed by atoms with E-state index < -0.39 is 0 Å². The maximum Gasteiger partial charge on any atom is 0.0487 e. The number of aromatic nitrogens is 1. The van der Waals surface area contributed by atoms with Crippen molar-refractivity contribution in [3.05, 3.63) is 84.7 Å². The van der Waals surface area contributed by atoms with Crippen molar-refractivity contribution in [3.63, 3.8) is 0 Å². The first-order valence-electron chi connectivity index (χ1n) is 6.95. The lowest BCUT2D eigenvalue weighted by atomic mass is 10.1. The number of nitrogens with zero attached hydrogens (tertiary/aromatic N) is 1. The van der Waals surface area contributed by atoms with Gasteiger partial charge < -0.3 is 5.43 Å². The van der Waals surface area contributed by atoms with Crippen LogP contribution in [0.25, 0.3) is 11.1 Å².